The summed E-state index contributed by atoms with van der Waals surface area (Å²) in [4.78, 5) is 1.41. The van der Waals surface area contributed by atoms with Gasteiger partial charge >= 0.3 is 0 Å². The first-order chi connectivity index (χ1) is 8.22. The molecule has 0 amide bonds. The van der Waals surface area contributed by atoms with Crippen molar-refractivity contribution in [3.05, 3.63) is 30.9 Å². The fourth-order valence-electron chi connectivity index (χ4n) is 2.17. The number of nitrogens with one attached hydrogen (secondary N) is 1. The third-order valence-electron chi connectivity index (χ3n) is 2.99. The summed E-state index contributed by atoms with van der Waals surface area (Å²) in [6.45, 7) is 3.29. The molecule has 1 aliphatic rings. The summed E-state index contributed by atoms with van der Waals surface area (Å²) < 4.78 is 2.36. The van der Waals surface area contributed by atoms with Gasteiger partial charge in [0, 0.05) is 9.35 Å². The predicted octanol–water partition coefficient (Wildman–Crippen LogP) is 5.42. The lowest BCUT2D eigenvalue weighted by Gasteiger charge is -2.18. The number of thiophene rings is 1. The Morgan fingerprint density at radius 3 is 2.82 bits per heavy atom. The van der Waals surface area contributed by atoms with Crippen LogP contribution in [0, 0.1) is 0 Å². The lowest BCUT2D eigenvalue weighted by atomic mass is 10.1. The lowest BCUT2D eigenvalue weighted by molar-refractivity contribution is 0.585. The van der Waals surface area contributed by atoms with Gasteiger partial charge in [-0.25, -0.2) is 0 Å². The molecule has 1 aromatic heterocycles. The number of rotatable bonds is 5. The van der Waals surface area contributed by atoms with Gasteiger partial charge in [0.15, 0.2) is 0 Å². The van der Waals surface area contributed by atoms with Crippen molar-refractivity contribution in [2.24, 2.45) is 0 Å². The van der Waals surface area contributed by atoms with Crippen LogP contribution in [0.3, 0.4) is 0 Å². The van der Waals surface area contributed by atoms with Crippen LogP contribution in [-0.4, -0.2) is 6.54 Å². The fourth-order valence-corrected chi connectivity index (χ4v) is 4.38. The zero-order valence-electron chi connectivity index (χ0n) is 9.93. The van der Waals surface area contributed by atoms with E-state index in [9.17, 15) is 0 Å². The van der Waals surface area contributed by atoms with Crippen LogP contribution in [-0.2, 0) is 0 Å². The Bertz CT molecular complexity index is 392. The minimum absolute atomic E-state index is 0.421. The number of allylic oxidation sites excluding steroid dienone is 1. The van der Waals surface area contributed by atoms with Crippen LogP contribution in [0.1, 0.15) is 43.5 Å². The molecule has 0 aliphatic heterocycles. The van der Waals surface area contributed by atoms with Crippen LogP contribution in [0.2, 0.25) is 0 Å². The van der Waals surface area contributed by atoms with Crippen molar-refractivity contribution in [3.8, 4) is 0 Å². The highest BCUT2D eigenvalue weighted by Gasteiger charge is 2.21. The van der Waals surface area contributed by atoms with Gasteiger partial charge < -0.3 is 5.32 Å². The summed E-state index contributed by atoms with van der Waals surface area (Å²) in [6, 6.07) is 2.66. The maximum atomic E-state index is 3.67. The highest BCUT2D eigenvalue weighted by Crippen LogP contribution is 2.39. The Morgan fingerprint density at radius 1 is 1.47 bits per heavy atom. The number of halogens is 2. The van der Waals surface area contributed by atoms with Gasteiger partial charge in [-0.2, -0.15) is 0 Å². The molecule has 1 unspecified atom stereocenters. The van der Waals surface area contributed by atoms with E-state index >= 15 is 0 Å². The van der Waals surface area contributed by atoms with Crippen LogP contribution in [0.5, 0.6) is 0 Å². The second-order valence-electron chi connectivity index (χ2n) is 4.33. The van der Waals surface area contributed by atoms with Gasteiger partial charge in [0.2, 0.25) is 0 Å². The molecule has 0 aromatic carbocycles. The van der Waals surface area contributed by atoms with E-state index < -0.39 is 0 Å². The monoisotopic (exact) mass is 377 g/mol. The molecular formula is C13H17Br2NS. The first-order valence-corrected chi connectivity index (χ1v) is 8.49. The van der Waals surface area contributed by atoms with Gasteiger partial charge in [-0.05, 0) is 70.2 Å². The molecule has 1 N–H and O–H groups in total. The normalized spacial score (nSPS) is 17.2. The first-order valence-electron chi connectivity index (χ1n) is 6.09. The van der Waals surface area contributed by atoms with Crippen molar-refractivity contribution in [1.29, 1.82) is 0 Å². The van der Waals surface area contributed by atoms with E-state index in [1.54, 1.807) is 5.57 Å². The molecule has 1 nitrogen and oxygen atoms in total. The van der Waals surface area contributed by atoms with E-state index in [0.29, 0.717) is 6.04 Å². The van der Waals surface area contributed by atoms with Crippen molar-refractivity contribution < 1.29 is 0 Å². The van der Waals surface area contributed by atoms with Crippen molar-refractivity contribution in [3.63, 3.8) is 0 Å². The Kier molecular flexibility index (Phi) is 5.27. The second-order valence-corrected chi connectivity index (χ2v) is 7.58. The van der Waals surface area contributed by atoms with Crippen LogP contribution in [0.4, 0.5) is 0 Å². The Labute approximate surface area is 124 Å². The van der Waals surface area contributed by atoms with Gasteiger partial charge in [-0.15, -0.1) is 11.3 Å². The third kappa shape index (κ3) is 3.43. The van der Waals surface area contributed by atoms with E-state index in [1.807, 2.05) is 11.3 Å². The minimum Gasteiger partial charge on any atom is -0.306 e. The molecule has 0 saturated heterocycles. The summed E-state index contributed by atoms with van der Waals surface area (Å²) in [5.74, 6) is 0. The van der Waals surface area contributed by atoms with Gasteiger partial charge in [0.1, 0.15) is 0 Å². The Balaban J connectivity index is 2.19. The summed E-state index contributed by atoms with van der Waals surface area (Å²) in [5.41, 5.74) is 1.57. The van der Waals surface area contributed by atoms with E-state index in [1.165, 1.54) is 38.8 Å². The van der Waals surface area contributed by atoms with Gasteiger partial charge in [0.25, 0.3) is 0 Å². The molecule has 1 atom stereocenters. The van der Waals surface area contributed by atoms with E-state index in [4.69, 9.17) is 0 Å². The molecule has 0 fully saturated rings. The van der Waals surface area contributed by atoms with Crippen LogP contribution >= 0.6 is 43.2 Å². The first kappa shape index (κ1) is 13.8. The van der Waals surface area contributed by atoms with E-state index in [2.05, 4.69) is 56.2 Å². The average Bonchev–Trinajstić information content (AvgIpc) is 2.92. The van der Waals surface area contributed by atoms with Crippen LogP contribution < -0.4 is 5.32 Å². The highest BCUT2D eigenvalue weighted by atomic mass is 79.9. The Morgan fingerprint density at radius 2 is 2.29 bits per heavy atom. The minimum atomic E-state index is 0.421. The van der Waals surface area contributed by atoms with Crippen LogP contribution in [0.25, 0.3) is 0 Å². The van der Waals surface area contributed by atoms with E-state index in [0.717, 1.165) is 6.54 Å². The van der Waals surface area contributed by atoms with Gasteiger partial charge in [0.05, 0.1) is 9.83 Å². The maximum absolute atomic E-state index is 3.67. The SMILES string of the molecule is CCCNC(C1=CCCC1)c1cc(Br)c(Br)s1. The molecule has 0 radical (unpaired) electrons. The topological polar surface area (TPSA) is 12.0 Å². The molecule has 94 valence electrons. The molecule has 2 rings (SSSR count). The molecular weight excluding hydrogens is 362 g/mol. The van der Waals surface area contributed by atoms with Crippen LogP contribution in [0.15, 0.2) is 26.0 Å². The lowest BCUT2D eigenvalue weighted by Crippen LogP contribution is -2.22. The maximum Gasteiger partial charge on any atom is 0.0843 e. The van der Waals surface area contributed by atoms with Gasteiger partial charge in [-0.3, -0.25) is 0 Å². The molecule has 1 aliphatic carbocycles. The molecule has 17 heavy (non-hydrogen) atoms. The quantitative estimate of drug-likeness (QED) is 0.674. The highest BCUT2D eigenvalue weighted by molar-refractivity contribution is 9.13. The summed E-state index contributed by atoms with van der Waals surface area (Å²) >= 11 is 8.99. The summed E-state index contributed by atoms with van der Waals surface area (Å²) in [5, 5.41) is 3.67. The number of hydrogen-bond acceptors (Lipinski definition) is 2. The molecule has 4 heteroatoms. The average molecular weight is 379 g/mol. The van der Waals surface area contributed by atoms with E-state index in [-0.39, 0.29) is 0 Å². The predicted molar refractivity (Wildman–Crippen MR) is 82.7 cm³/mol. The second kappa shape index (κ2) is 6.50. The summed E-state index contributed by atoms with van der Waals surface area (Å²) in [6.07, 6.45) is 7.39. The van der Waals surface area contributed by atoms with Crippen molar-refractivity contribution in [2.75, 3.05) is 6.54 Å². The number of hydrogen-bond donors (Lipinski definition) is 1. The zero-order valence-corrected chi connectivity index (χ0v) is 13.9. The molecule has 1 aromatic rings. The molecule has 1 heterocycles. The fraction of sp³-hybridized carbons (Fsp3) is 0.538. The zero-order chi connectivity index (χ0) is 12.3. The largest absolute Gasteiger partial charge is 0.306 e. The Hall–Kier alpha value is 0.360. The van der Waals surface area contributed by atoms with Crippen molar-refractivity contribution in [2.45, 2.75) is 38.6 Å². The van der Waals surface area contributed by atoms with Gasteiger partial charge in [-0.1, -0.05) is 18.6 Å². The standard InChI is InChI=1S/C13H17Br2NS/c1-2-7-16-12(9-5-3-4-6-9)11-8-10(14)13(15)17-11/h5,8,12,16H,2-4,6-7H2,1H3. The van der Waals surface area contributed by atoms with Crippen molar-refractivity contribution >= 4 is 43.2 Å². The smallest absolute Gasteiger partial charge is 0.0843 e. The molecule has 0 bridgehead atoms. The third-order valence-corrected chi connectivity index (χ3v) is 6.32. The molecule has 0 saturated carbocycles. The molecule has 0 spiro atoms. The summed E-state index contributed by atoms with van der Waals surface area (Å²) in [7, 11) is 0. The van der Waals surface area contributed by atoms with Crippen molar-refractivity contribution in [1.82, 2.24) is 5.32 Å².